The zero-order valence-electron chi connectivity index (χ0n) is 10.2. The van der Waals surface area contributed by atoms with E-state index in [0.717, 1.165) is 38.0 Å². The predicted octanol–water partition coefficient (Wildman–Crippen LogP) is 2.04. The Morgan fingerprint density at radius 2 is 1.88 bits per heavy atom. The third-order valence-corrected chi connectivity index (χ3v) is 4.41. The molecule has 2 saturated carbocycles. The third-order valence-electron chi connectivity index (χ3n) is 4.41. The van der Waals surface area contributed by atoms with E-state index in [1.165, 1.54) is 24.2 Å². The average molecular weight is 236 g/mol. The third kappa shape index (κ3) is 1.94. The SMILES string of the molecule is O=C1NC2(CCCCC2)C(=O)N1CCC1CC1. The van der Waals surface area contributed by atoms with Crippen LogP contribution in [-0.4, -0.2) is 28.9 Å². The van der Waals surface area contributed by atoms with Crippen LogP contribution in [0.1, 0.15) is 51.4 Å². The van der Waals surface area contributed by atoms with Crippen LogP contribution < -0.4 is 5.32 Å². The molecule has 0 radical (unpaired) electrons. The van der Waals surface area contributed by atoms with Gasteiger partial charge in [-0.2, -0.15) is 0 Å². The fourth-order valence-electron chi connectivity index (χ4n) is 3.09. The number of imide groups is 1. The largest absolute Gasteiger partial charge is 0.325 e. The summed E-state index contributed by atoms with van der Waals surface area (Å²) in [5.41, 5.74) is -0.529. The molecule has 0 bridgehead atoms. The van der Waals surface area contributed by atoms with Crippen molar-refractivity contribution in [3.05, 3.63) is 0 Å². The molecule has 3 amide bonds. The van der Waals surface area contributed by atoms with E-state index in [-0.39, 0.29) is 11.9 Å². The summed E-state index contributed by atoms with van der Waals surface area (Å²) in [6, 6.07) is -0.155. The van der Waals surface area contributed by atoms with Crippen LogP contribution in [0.2, 0.25) is 0 Å². The lowest BCUT2D eigenvalue weighted by Gasteiger charge is -2.30. The van der Waals surface area contributed by atoms with E-state index >= 15 is 0 Å². The Bertz CT molecular complexity index is 343. The maximum Gasteiger partial charge on any atom is 0.325 e. The monoisotopic (exact) mass is 236 g/mol. The van der Waals surface area contributed by atoms with E-state index in [1.807, 2.05) is 0 Å². The molecule has 4 heteroatoms. The van der Waals surface area contributed by atoms with E-state index < -0.39 is 5.54 Å². The Hall–Kier alpha value is -1.06. The van der Waals surface area contributed by atoms with Crippen LogP contribution in [0.25, 0.3) is 0 Å². The summed E-state index contributed by atoms with van der Waals surface area (Å²) in [6.07, 6.45) is 8.51. The van der Waals surface area contributed by atoms with Gasteiger partial charge in [-0.05, 0) is 25.2 Å². The topological polar surface area (TPSA) is 49.4 Å². The average Bonchev–Trinajstić information content (AvgIpc) is 3.10. The van der Waals surface area contributed by atoms with Gasteiger partial charge in [-0.1, -0.05) is 32.1 Å². The first-order valence-corrected chi connectivity index (χ1v) is 6.85. The van der Waals surface area contributed by atoms with Gasteiger partial charge in [0.1, 0.15) is 5.54 Å². The van der Waals surface area contributed by atoms with Crippen LogP contribution in [0, 0.1) is 5.92 Å². The first-order chi connectivity index (χ1) is 8.21. The number of hydrogen-bond acceptors (Lipinski definition) is 2. The second-order valence-electron chi connectivity index (χ2n) is 5.76. The first-order valence-electron chi connectivity index (χ1n) is 6.85. The maximum atomic E-state index is 12.4. The predicted molar refractivity (Wildman–Crippen MR) is 63.4 cm³/mol. The molecule has 3 aliphatic rings. The van der Waals surface area contributed by atoms with Crippen molar-refractivity contribution < 1.29 is 9.59 Å². The van der Waals surface area contributed by atoms with Crippen LogP contribution in [0.3, 0.4) is 0 Å². The van der Waals surface area contributed by atoms with E-state index in [1.54, 1.807) is 0 Å². The van der Waals surface area contributed by atoms with Crippen LogP contribution in [0.5, 0.6) is 0 Å². The molecule has 4 nitrogen and oxygen atoms in total. The Balaban J connectivity index is 1.68. The number of urea groups is 1. The number of carbonyl (C=O) groups is 2. The Morgan fingerprint density at radius 3 is 2.53 bits per heavy atom. The van der Waals surface area contributed by atoms with Gasteiger partial charge in [0.15, 0.2) is 0 Å². The van der Waals surface area contributed by atoms with E-state index in [9.17, 15) is 9.59 Å². The van der Waals surface area contributed by atoms with Gasteiger partial charge in [0.2, 0.25) is 0 Å². The molecule has 2 aliphatic carbocycles. The maximum absolute atomic E-state index is 12.4. The smallest absolute Gasteiger partial charge is 0.323 e. The van der Waals surface area contributed by atoms with Gasteiger partial charge in [0.05, 0.1) is 0 Å². The Labute approximate surface area is 102 Å². The van der Waals surface area contributed by atoms with Gasteiger partial charge in [0.25, 0.3) is 5.91 Å². The van der Waals surface area contributed by atoms with Crippen molar-refractivity contribution in [3.63, 3.8) is 0 Å². The molecule has 1 aliphatic heterocycles. The zero-order valence-corrected chi connectivity index (χ0v) is 10.2. The van der Waals surface area contributed by atoms with Crippen molar-refractivity contribution in [2.24, 2.45) is 5.92 Å². The van der Waals surface area contributed by atoms with Crippen molar-refractivity contribution in [3.8, 4) is 0 Å². The molecule has 3 rings (SSSR count). The molecular weight excluding hydrogens is 216 g/mol. The van der Waals surface area contributed by atoms with E-state index in [4.69, 9.17) is 0 Å². The molecule has 94 valence electrons. The molecule has 0 aromatic carbocycles. The Kier molecular flexibility index (Phi) is 2.60. The van der Waals surface area contributed by atoms with Crippen LogP contribution >= 0.6 is 0 Å². The summed E-state index contributed by atoms with van der Waals surface area (Å²) in [7, 11) is 0. The number of nitrogens with one attached hydrogen (secondary N) is 1. The number of hydrogen-bond donors (Lipinski definition) is 1. The summed E-state index contributed by atoms with van der Waals surface area (Å²) in [5, 5.41) is 2.95. The summed E-state index contributed by atoms with van der Waals surface area (Å²) in [6.45, 7) is 0.622. The molecule has 1 saturated heterocycles. The minimum Gasteiger partial charge on any atom is -0.323 e. The second kappa shape index (κ2) is 4.00. The van der Waals surface area contributed by atoms with Gasteiger partial charge >= 0.3 is 6.03 Å². The molecule has 1 N–H and O–H groups in total. The van der Waals surface area contributed by atoms with Crippen LogP contribution in [0.15, 0.2) is 0 Å². The van der Waals surface area contributed by atoms with Crippen molar-refractivity contribution in [1.82, 2.24) is 10.2 Å². The lowest BCUT2D eigenvalue weighted by atomic mass is 9.82. The zero-order chi connectivity index (χ0) is 11.9. The highest BCUT2D eigenvalue weighted by Crippen LogP contribution is 2.36. The summed E-state index contributed by atoms with van der Waals surface area (Å²) < 4.78 is 0. The fraction of sp³-hybridized carbons (Fsp3) is 0.846. The van der Waals surface area contributed by atoms with Crippen molar-refractivity contribution in [2.45, 2.75) is 56.9 Å². The van der Waals surface area contributed by atoms with Crippen LogP contribution in [-0.2, 0) is 4.79 Å². The number of nitrogens with zero attached hydrogens (tertiary/aromatic N) is 1. The van der Waals surface area contributed by atoms with Gasteiger partial charge in [-0.15, -0.1) is 0 Å². The second-order valence-corrected chi connectivity index (χ2v) is 5.76. The highest BCUT2D eigenvalue weighted by Gasteiger charge is 2.51. The summed E-state index contributed by atoms with van der Waals surface area (Å²) in [4.78, 5) is 25.7. The molecular formula is C13H20N2O2. The van der Waals surface area contributed by atoms with Gasteiger partial charge in [-0.3, -0.25) is 9.69 Å². The molecule has 0 unspecified atom stereocenters. The molecule has 0 aromatic heterocycles. The molecule has 0 aromatic rings. The molecule has 1 spiro atoms. The quantitative estimate of drug-likeness (QED) is 0.762. The van der Waals surface area contributed by atoms with E-state index in [2.05, 4.69) is 5.32 Å². The lowest BCUT2D eigenvalue weighted by molar-refractivity contribution is -0.132. The van der Waals surface area contributed by atoms with Gasteiger partial charge < -0.3 is 5.32 Å². The highest BCUT2D eigenvalue weighted by atomic mass is 16.2. The first kappa shape index (κ1) is 11.1. The van der Waals surface area contributed by atoms with Crippen molar-refractivity contribution in [2.75, 3.05) is 6.54 Å². The van der Waals surface area contributed by atoms with E-state index in [0.29, 0.717) is 6.54 Å². The molecule has 17 heavy (non-hydrogen) atoms. The normalized spacial score (nSPS) is 27.6. The number of carbonyl (C=O) groups excluding carboxylic acids is 2. The molecule has 1 heterocycles. The number of rotatable bonds is 3. The van der Waals surface area contributed by atoms with Gasteiger partial charge in [0, 0.05) is 6.54 Å². The molecule has 3 fully saturated rings. The summed E-state index contributed by atoms with van der Waals surface area (Å²) >= 11 is 0. The lowest BCUT2D eigenvalue weighted by Crippen LogP contribution is -2.48. The minimum atomic E-state index is -0.529. The minimum absolute atomic E-state index is 0.0443. The highest BCUT2D eigenvalue weighted by molar-refractivity contribution is 6.07. The standard InChI is InChI=1S/C13H20N2O2/c16-11-13(7-2-1-3-8-13)14-12(17)15(11)9-6-10-4-5-10/h10H,1-9H2,(H,14,17). The molecule has 0 atom stereocenters. The van der Waals surface area contributed by atoms with Crippen molar-refractivity contribution >= 4 is 11.9 Å². The van der Waals surface area contributed by atoms with Gasteiger partial charge in [-0.25, -0.2) is 4.79 Å². The van der Waals surface area contributed by atoms with Crippen LogP contribution in [0.4, 0.5) is 4.79 Å². The number of amides is 3. The Morgan fingerprint density at radius 1 is 1.18 bits per heavy atom. The summed E-state index contributed by atoms with van der Waals surface area (Å²) in [5.74, 6) is 0.807. The fourth-order valence-corrected chi connectivity index (χ4v) is 3.09. The van der Waals surface area contributed by atoms with Crippen molar-refractivity contribution in [1.29, 1.82) is 0 Å².